The van der Waals surface area contributed by atoms with Crippen LogP contribution in [0.1, 0.15) is 59.1 Å². The SMILES string of the molecule is C[C@@H](O)c1cccc(-c2cccc(C(=O)N(C)Cc3cc(C4CC4)n[nH]3)c2)c1. The number of nitrogens with one attached hydrogen (secondary N) is 1. The van der Waals surface area contributed by atoms with E-state index in [2.05, 4.69) is 16.3 Å². The van der Waals surface area contributed by atoms with E-state index < -0.39 is 6.10 Å². The van der Waals surface area contributed by atoms with Gasteiger partial charge in [-0.05, 0) is 60.7 Å². The number of nitrogens with zero attached hydrogens (tertiary/aromatic N) is 2. The van der Waals surface area contributed by atoms with Crippen molar-refractivity contribution in [3.05, 3.63) is 77.1 Å². The highest BCUT2D eigenvalue weighted by Crippen LogP contribution is 2.39. The van der Waals surface area contributed by atoms with Gasteiger partial charge in [-0.25, -0.2) is 0 Å². The molecule has 0 spiro atoms. The molecule has 3 aromatic rings. The Morgan fingerprint density at radius 2 is 1.89 bits per heavy atom. The van der Waals surface area contributed by atoms with Gasteiger partial charge in [0.2, 0.25) is 0 Å². The number of aromatic amines is 1. The lowest BCUT2D eigenvalue weighted by Gasteiger charge is -2.17. The van der Waals surface area contributed by atoms with Gasteiger partial charge in [-0.3, -0.25) is 9.89 Å². The molecule has 1 aliphatic rings. The van der Waals surface area contributed by atoms with Gasteiger partial charge in [-0.2, -0.15) is 5.10 Å². The molecule has 1 atom stereocenters. The molecule has 0 unspecified atom stereocenters. The predicted molar refractivity (Wildman–Crippen MR) is 109 cm³/mol. The lowest BCUT2D eigenvalue weighted by atomic mass is 9.99. The van der Waals surface area contributed by atoms with Crippen LogP contribution in [0.25, 0.3) is 11.1 Å². The van der Waals surface area contributed by atoms with E-state index in [1.54, 1.807) is 18.9 Å². The summed E-state index contributed by atoms with van der Waals surface area (Å²) >= 11 is 0. The fraction of sp³-hybridized carbons (Fsp3) is 0.304. The molecule has 1 heterocycles. The number of aliphatic hydroxyl groups is 1. The lowest BCUT2D eigenvalue weighted by Crippen LogP contribution is -2.26. The number of benzene rings is 2. The Morgan fingerprint density at radius 3 is 2.61 bits per heavy atom. The van der Waals surface area contributed by atoms with Gasteiger partial charge in [0.1, 0.15) is 0 Å². The maximum Gasteiger partial charge on any atom is 0.253 e. The van der Waals surface area contributed by atoms with Crippen molar-refractivity contribution < 1.29 is 9.90 Å². The van der Waals surface area contributed by atoms with Gasteiger partial charge in [-0.1, -0.05) is 30.3 Å². The van der Waals surface area contributed by atoms with Crippen LogP contribution >= 0.6 is 0 Å². The summed E-state index contributed by atoms with van der Waals surface area (Å²) in [4.78, 5) is 14.6. The molecule has 0 saturated heterocycles. The summed E-state index contributed by atoms with van der Waals surface area (Å²) < 4.78 is 0. The Bertz CT molecular complexity index is 989. The van der Waals surface area contributed by atoms with Gasteiger partial charge in [-0.15, -0.1) is 0 Å². The van der Waals surface area contributed by atoms with Crippen LogP contribution in [0.2, 0.25) is 0 Å². The Labute approximate surface area is 165 Å². The second-order valence-electron chi connectivity index (χ2n) is 7.64. The molecular weight excluding hydrogens is 350 g/mol. The van der Waals surface area contributed by atoms with Gasteiger partial charge >= 0.3 is 0 Å². The Morgan fingerprint density at radius 1 is 1.18 bits per heavy atom. The zero-order valence-electron chi connectivity index (χ0n) is 16.2. The first-order chi connectivity index (χ1) is 13.5. The first kappa shape index (κ1) is 18.4. The average molecular weight is 375 g/mol. The fourth-order valence-corrected chi connectivity index (χ4v) is 3.41. The van der Waals surface area contributed by atoms with Crippen molar-refractivity contribution in [1.82, 2.24) is 15.1 Å². The molecule has 5 heteroatoms. The zero-order valence-corrected chi connectivity index (χ0v) is 16.2. The first-order valence-electron chi connectivity index (χ1n) is 9.69. The summed E-state index contributed by atoms with van der Waals surface area (Å²) in [6.07, 6.45) is 1.90. The smallest absolute Gasteiger partial charge is 0.253 e. The van der Waals surface area contributed by atoms with Crippen LogP contribution in [0, 0.1) is 0 Å². The highest BCUT2D eigenvalue weighted by Gasteiger charge is 2.26. The quantitative estimate of drug-likeness (QED) is 0.676. The summed E-state index contributed by atoms with van der Waals surface area (Å²) in [6, 6.07) is 17.5. The second kappa shape index (κ2) is 7.60. The number of H-pyrrole nitrogens is 1. The van der Waals surface area contributed by atoms with Crippen LogP contribution in [-0.4, -0.2) is 33.2 Å². The molecule has 2 aromatic carbocycles. The van der Waals surface area contributed by atoms with Crippen molar-refractivity contribution in [3.63, 3.8) is 0 Å². The number of aromatic nitrogens is 2. The highest BCUT2D eigenvalue weighted by molar-refractivity contribution is 5.95. The fourth-order valence-electron chi connectivity index (χ4n) is 3.41. The van der Waals surface area contributed by atoms with Crippen molar-refractivity contribution in [1.29, 1.82) is 0 Å². The topological polar surface area (TPSA) is 69.2 Å². The summed E-state index contributed by atoms with van der Waals surface area (Å²) in [6.45, 7) is 2.25. The highest BCUT2D eigenvalue weighted by atomic mass is 16.3. The third-order valence-electron chi connectivity index (χ3n) is 5.21. The van der Waals surface area contributed by atoms with E-state index >= 15 is 0 Å². The zero-order chi connectivity index (χ0) is 19.7. The second-order valence-corrected chi connectivity index (χ2v) is 7.64. The number of rotatable bonds is 6. The molecular formula is C23H25N3O2. The van der Waals surface area contributed by atoms with Gasteiger partial charge in [0.15, 0.2) is 0 Å². The Kier molecular flexibility index (Phi) is 5.01. The molecule has 2 N–H and O–H groups in total. The summed E-state index contributed by atoms with van der Waals surface area (Å²) in [5.74, 6) is 0.566. The van der Waals surface area contributed by atoms with Crippen molar-refractivity contribution >= 4 is 5.91 Å². The van der Waals surface area contributed by atoms with Crippen molar-refractivity contribution in [2.45, 2.75) is 38.3 Å². The van der Waals surface area contributed by atoms with Crippen molar-refractivity contribution in [2.75, 3.05) is 7.05 Å². The summed E-state index contributed by atoms with van der Waals surface area (Å²) in [5, 5.41) is 17.2. The van der Waals surface area contributed by atoms with Gasteiger partial charge in [0.25, 0.3) is 5.91 Å². The molecule has 5 nitrogen and oxygen atoms in total. The van der Waals surface area contributed by atoms with Crippen LogP contribution in [-0.2, 0) is 6.54 Å². The van der Waals surface area contributed by atoms with Crippen LogP contribution in [0.5, 0.6) is 0 Å². The standard InChI is InChI=1S/C23H25N3O2/c1-15(27)17-5-3-6-18(11-17)19-7-4-8-20(12-19)23(28)26(2)14-21-13-22(25-24-21)16-9-10-16/h3-8,11-13,15-16,27H,9-10,14H2,1-2H3,(H,24,25)/t15-/m1/s1. The molecule has 4 rings (SSSR count). The maximum atomic E-state index is 12.9. The Balaban J connectivity index is 1.51. The number of carbonyl (C=O) groups is 1. The van der Waals surface area contributed by atoms with Crippen molar-refractivity contribution in [3.8, 4) is 11.1 Å². The van der Waals surface area contributed by atoms with Crippen LogP contribution < -0.4 is 0 Å². The monoisotopic (exact) mass is 375 g/mol. The molecule has 0 bridgehead atoms. The lowest BCUT2D eigenvalue weighted by molar-refractivity contribution is 0.0783. The van der Waals surface area contributed by atoms with Crippen LogP contribution in [0.4, 0.5) is 0 Å². The van der Waals surface area contributed by atoms with E-state index in [0.29, 0.717) is 18.0 Å². The summed E-state index contributed by atoms with van der Waals surface area (Å²) in [7, 11) is 1.81. The largest absolute Gasteiger partial charge is 0.389 e. The van der Waals surface area contributed by atoms with E-state index in [4.69, 9.17) is 0 Å². The van der Waals surface area contributed by atoms with Crippen LogP contribution in [0.15, 0.2) is 54.6 Å². The number of aliphatic hydroxyl groups excluding tert-OH is 1. The van der Waals surface area contributed by atoms with E-state index in [9.17, 15) is 9.90 Å². The summed E-state index contributed by atoms with van der Waals surface area (Å²) in [5.41, 5.74) is 5.51. The maximum absolute atomic E-state index is 12.9. The number of amides is 1. The molecule has 1 saturated carbocycles. The number of hydrogen-bond acceptors (Lipinski definition) is 3. The number of hydrogen-bond donors (Lipinski definition) is 2. The number of carbonyl (C=O) groups excluding carboxylic acids is 1. The minimum absolute atomic E-state index is 0.0314. The first-order valence-corrected chi connectivity index (χ1v) is 9.69. The molecule has 0 radical (unpaired) electrons. The molecule has 0 aliphatic heterocycles. The van der Waals surface area contributed by atoms with Gasteiger partial charge in [0, 0.05) is 18.5 Å². The van der Waals surface area contributed by atoms with E-state index in [1.807, 2.05) is 48.5 Å². The Hall–Kier alpha value is -2.92. The predicted octanol–water partition coefficient (Wildman–Crippen LogP) is 4.28. The van der Waals surface area contributed by atoms with E-state index in [0.717, 1.165) is 28.1 Å². The molecule has 1 aliphatic carbocycles. The van der Waals surface area contributed by atoms with Crippen LogP contribution in [0.3, 0.4) is 0 Å². The molecule has 1 aromatic heterocycles. The van der Waals surface area contributed by atoms with Gasteiger partial charge < -0.3 is 10.0 Å². The molecule has 144 valence electrons. The average Bonchev–Trinajstić information content (AvgIpc) is 3.47. The third-order valence-corrected chi connectivity index (χ3v) is 5.21. The molecule has 1 fully saturated rings. The normalized spacial score (nSPS) is 14.7. The molecule has 28 heavy (non-hydrogen) atoms. The molecule has 1 amide bonds. The van der Waals surface area contributed by atoms with Crippen molar-refractivity contribution in [2.24, 2.45) is 0 Å². The van der Waals surface area contributed by atoms with E-state index in [1.165, 1.54) is 12.8 Å². The minimum Gasteiger partial charge on any atom is -0.389 e. The minimum atomic E-state index is -0.522. The van der Waals surface area contributed by atoms with E-state index in [-0.39, 0.29) is 5.91 Å². The van der Waals surface area contributed by atoms with Gasteiger partial charge in [0.05, 0.1) is 24.0 Å². The third kappa shape index (κ3) is 3.99.